The molecule has 4 unspecified atom stereocenters. The van der Waals surface area contributed by atoms with Crippen LogP contribution in [0.25, 0.3) is 0 Å². The largest absolute Gasteiger partial charge is 0.396 e. The van der Waals surface area contributed by atoms with Gasteiger partial charge in [0, 0.05) is 23.9 Å². The summed E-state index contributed by atoms with van der Waals surface area (Å²) in [6, 6.07) is 0. The summed E-state index contributed by atoms with van der Waals surface area (Å²) in [6.45, 7) is 11.7. The summed E-state index contributed by atoms with van der Waals surface area (Å²) in [6.07, 6.45) is -1.74. The molecule has 0 aliphatic carbocycles. The van der Waals surface area contributed by atoms with E-state index in [1.54, 1.807) is 41.5 Å². The molecule has 0 saturated heterocycles. The molecular formula is C26H48N2O9. The number of amides is 2. The van der Waals surface area contributed by atoms with Gasteiger partial charge in [-0.15, -0.1) is 0 Å². The second-order valence-corrected chi connectivity index (χ2v) is 11.6. The number of hydrogen-bond donors (Lipinski definition) is 6. The van der Waals surface area contributed by atoms with Gasteiger partial charge in [-0.1, -0.05) is 27.7 Å². The summed E-state index contributed by atoms with van der Waals surface area (Å²) in [5, 5.41) is 44.0. The van der Waals surface area contributed by atoms with Crippen molar-refractivity contribution in [1.82, 2.24) is 10.6 Å². The van der Waals surface area contributed by atoms with Crippen molar-refractivity contribution in [3.8, 4) is 0 Å². The van der Waals surface area contributed by atoms with Gasteiger partial charge in [-0.2, -0.15) is 0 Å². The van der Waals surface area contributed by atoms with Crippen LogP contribution in [-0.4, -0.2) is 93.5 Å². The molecule has 0 aromatic carbocycles. The first-order chi connectivity index (χ1) is 16.8. The smallest absolute Gasteiger partial charge is 0.249 e. The highest BCUT2D eigenvalue weighted by Crippen LogP contribution is 2.30. The van der Waals surface area contributed by atoms with Crippen LogP contribution in [0.3, 0.4) is 0 Å². The topological polar surface area (TPSA) is 182 Å². The van der Waals surface area contributed by atoms with Crippen LogP contribution in [-0.2, 0) is 23.9 Å². The highest BCUT2D eigenvalue weighted by molar-refractivity contribution is 5.88. The zero-order chi connectivity index (χ0) is 29.2. The van der Waals surface area contributed by atoms with Gasteiger partial charge in [0.05, 0.1) is 13.2 Å². The first-order valence-electron chi connectivity index (χ1n) is 12.6. The molecule has 4 atom stereocenters. The lowest BCUT2D eigenvalue weighted by atomic mass is 9.87. The van der Waals surface area contributed by atoms with E-state index in [9.17, 15) is 39.6 Å². The summed E-state index contributed by atoms with van der Waals surface area (Å²) in [4.78, 5) is 49.3. The zero-order valence-corrected chi connectivity index (χ0v) is 23.6. The Morgan fingerprint density at radius 2 is 0.973 bits per heavy atom. The summed E-state index contributed by atoms with van der Waals surface area (Å²) in [5.74, 6) is -1.86. The third-order valence-corrected chi connectivity index (χ3v) is 6.99. The third kappa shape index (κ3) is 10.4. The Hall–Kier alpha value is -1.92. The van der Waals surface area contributed by atoms with Crippen molar-refractivity contribution in [2.75, 3.05) is 26.3 Å². The normalized spacial score (nSPS) is 17.2. The van der Waals surface area contributed by atoms with Gasteiger partial charge >= 0.3 is 0 Å². The fraction of sp³-hybridized carbons (Fsp3) is 0.846. The van der Waals surface area contributed by atoms with Crippen molar-refractivity contribution in [3.63, 3.8) is 0 Å². The van der Waals surface area contributed by atoms with Crippen molar-refractivity contribution >= 4 is 23.4 Å². The fourth-order valence-corrected chi connectivity index (χ4v) is 3.45. The SMILES string of the molecule is CC(=O)C(C)(CCCNC(=O)C(O)C(C)(C)CO)OC(C)(CCCNC(=O)C(O)C(C)(C)CO)C(C)=O. The predicted octanol–water partition coefficient (Wildman–Crippen LogP) is 0.250. The molecule has 0 radical (unpaired) electrons. The molecule has 216 valence electrons. The maximum absolute atomic E-state index is 12.5. The molecule has 0 aromatic rings. The molecular weight excluding hydrogens is 484 g/mol. The van der Waals surface area contributed by atoms with Gasteiger partial charge in [-0.05, 0) is 53.4 Å². The van der Waals surface area contributed by atoms with Crippen LogP contribution in [0, 0.1) is 10.8 Å². The van der Waals surface area contributed by atoms with E-state index >= 15 is 0 Å². The van der Waals surface area contributed by atoms with Crippen molar-refractivity contribution in [1.29, 1.82) is 0 Å². The lowest BCUT2D eigenvalue weighted by molar-refractivity contribution is -0.176. The Balaban J connectivity index is 5.06. The Morgan fingerprint density at radius 3 is 1.22 bits per heavy atom. The third-order valence-electron chi connectivity index (χ3n) is 6.99. The number of aliphatic hydroxyl groups is 4. The van der Waals surface area contributed by atoms with Crippen LogP contribution < -0.4 is 10.6 Å². The van der Waals surface area contributed by atoms with Gasteiger partial charge in [0.1, 0.15) is 23.4 Å². The van der Waals surface area contributed by atoms with Gasteiger partial charge in [-0.3, -0.25) is 19.2 Å². The standard InChI is InChI=1S/C26H48N2O9/c1-17(31)25(7,11-9-13-27-21(35)19(33)23(3,4)15-29)37-26(8,18(2)32)12-10-14-28-22(36)20(34)24(5,6)16-30/h19-20,29-30,33-34H,9-16H2,1-8H3,(H,27,35)(H,28,36). The number of hydrogen-bond acceptors (Lipinski definition) is 9. The van der Waals surface area contributed by atoms with Crippen molar-refractivity contribution < 1.29 is 44.3 Å². The molecule has 0 spiro atoms. The lowest BCUT2D eigenvalue weighted by Gasteiger charge is -2.38. The summed E-state index contributed by atoms with van der Waals surface area (Å²) >= 11 is 0. The number of carbonyl (C=O) groups is 4. The van der Waals surface area contributed by atoms with Gasteiger partial charge in [0.2, 0.25) is 11.8 Å². The van der Waals surface area contributed by atoms with Gasteiger partial charge < -0.3 is 35.8 Å². The molecule has 2 amide bonds. The average molecular weight is 533 g/mol. The van der Waals surface area contributed by atoms with Crippen LogP contribution in [0.4, 0.5) is 0 Å². The monoisotopic (exact) mass is 532 g/mol. The quantitative estimate of drug-likeness (QED) is 0.135. The van der Waals surface area contributed by atoms with Crippen LogP contribution in [0.5, 0.6) is 0 Å². The minimum Gasteiger partial charge on any atom is -0.396 e. The minimum absolute atomic E-state index is 0.152. The highest BCUT2D eigenvalue weighted by Gasteiger charge is 2.42. The Labute approximate surface area is 220 Å². The molecule has 0 aromatic heterocycles. The fourth-order valence-electron chi connectivity index (χ4n) is 3.45. The molecule has 0 aliphatic rings. The second-order valence-electron chi connectivity index (χ2n) is 11.6. The van der Waals surface area contributed by atoms with Crippen molar-refractivity contribution in [2.45, 2.75) is 104 Å². The van der Waals surface area contributed by atoms with Gasteiger partial charge in [0.15, 0.2) is 11.6 Å². The lowest BCUT2D eigenvalue weighted by Crippen LogP contribution is -2.50. The number of carbonyl (C=O) groups excluding carboxylic acids is 4. The second kappa shape index (κ2) is 14.3. The highest BCUT2D eigenvalue weighted by atomic mass is 16.5. The Morgan fingerprint density at radius 1 is 0.676 bits per heavy atom. The van der Waals surface area contributed by atoms with Crippen molar-refractivity contribution in [2.24, 2.45) is 10.8 Å². The molecule has 11 heteroatoms. The van der Waals surface area contributed by atoms with Gasteiger partial charge in [0.25, 0.3) is 0 Å². The molecule has 6 N–H and O–H groups in total. The molecule has 11 nitrogen and oxygen atoms in total. The van der Waals surface area contributed by atoms with Crippen LogP contribution in [0.1, 0.15) is 81.1 Å². The maximum Gasteiger partial charge on any atom is 0.249 e. The van der Waals surface area contributed by atoms with E-state index in [1.807, 2.05) is 0 Å². The first-order valence-corrected chi connectivity index (χ1v) is 12.6. The van der Waals surface area contributed by atoms with Crippen LogP contribution in [0.15, 0.2) is 0 Å². The van der Waals surface area contributed by atoms with E-state index in [4.69, 9.17) is 4.74 Å². The number of aliphatic hydroxyl groups excluding tert-OH is 4. The van der Waals surface area contributed by atoms with Crippen LogP contribution >= 0.6 is 0 Å². The van der Waals surface area contributed by atoms with E-state index in [0.717, 1.165) is 0 Å². The van der Waals surface area contributed by atoms with E-state index in [2.05, 4.69) is 10.6 Å². The first kappa shape index (κ1) is 35.1. The van der Waals surface area contributed by atoms with E-state index in [1.165, 1.54) is 13.8 Å². The number of ketones is 2. The van der Waals surface area contributed by atoms with E-state index in [0.29, 0.717) is 12.8 Å². The summed E-state index contributed by atoms with van der Waals surface area (Å²) in [7, 11) is 0. The van der Waals surface area contributed by atoms with Gasteiger partial charge in [-0.25, -0.2) is 0 Å². The maximum atomic E-state index is 12.5. The molecule has 37 heavy (non-hydrogen) atoms. The number of ether oxygens (including phenoxy) is 1. The molecule has 0 heterocycles. The van der Waals surface area contributed by atoms with Crippen LogP contribution in [0.2, 0.25) is 0 Å². The number of rotatable bonds is 18. The number of Topliss-reactive ketones (excluding diaryl/α,β-unsaturated/α-hetero) is 2. The van der Waals surface area contributed by atoms with E-state index < -0.39 is 46.1 Å². The molecule has 0 rings (SSSR count). The number of nitrogens with one attached hydrogen (secondary N) is 2. The Bertz CT molecular complexity index is 735. The minimum atomic E-state index is -1.40. The average Bonchev–Trinajstić information content (AvgIpc) is 2.82. The summed E-state index contributed by atoms with van der Waals surface area (Å²) in [5.41, 5.74) is -4.65. The molecule has 0 saturated carbocycles. The van der Waals surface area contributed by atoms with E-state index in [-0.39, 0.29) is 50.7 Å². The van der Waals surface area contributed by atoms with Crippen molar-refractivity contribution in [3.05, 3.63) is 0 Å². The molecule has 0 aliphatic heterocycles. The predicted molar refractivity (Wildman–Crippen MR) is 137 cm³/mol. The summed E-state index contributed by atoms with van der Waals surface area (Å²) < 4.78 is 6.11. The zero-order valence-electron chi connectivity index (χ0n) is 23.6. The molecule has 0 fully saturated rings. The Kier molecular flexibility index (Phi) is 13.6. The molecule has 0 bridgehead atoms.